The van der Waals surface area contributed by atoms with E-state index in [0.29, 0.717) is 24.4 Å². The number of benzene rings is 1. The highest BCUT2D eigenvalue weighted by Gasteiger charge is 2.37. The molecule has 0 saturated carbocycles. The molecular formula is C13H20N2O4S. The summed E-state index contributed by atoms with van der Waals surface area (Å²) < 4.78 is 30.9. The largest absolute Gasteiger partial charge is 0.492 e. The number of nitrogens with zero attached hydrogens (tertiary/aromatic N) is 1. The zero-order chi connectivity index (χ0) is 14.8. The Morgan fingerprint density at radius 2 is 2.25 bits per heavy atom. The number of hydrogen-bond donors (Lipinski definition) is 2. The molecule has 0 amide bonds. The van der Waals surface area contributed by atoms with Gasteiger partial charge in [0.25, 0.3) is 0 Å². The van der Waals surface area contributed by atoms with E-state index in [4.69, 9.17) is 10.5 Å². The van der Waals surface area contributed by atoms with Crippen LogP contribution in [0, 0.1) is 0 Å². The van der Waals surface area contributed by atoms with Gasteiger partial charge in [0.05, 0.1) is 11.4 Å². The fraction of sp³-hybridized carbons (Fsp3) is 0.538. The first-order valence-electron chi connectivity index (χ1n) is 6.47. The zero-order valence-electron chi connectivity index (χ0n) is 11.4. The Labute approximate surface area is 119 Å². The number of aliphatic hydroxyl groups is 1. The molecule has 3 N–H and O–H groups in total. The van der Waals surface area contributed by atoms with Crippen LogP contribution in [-0.2, 0) is 10.0 Å². The second-order valence-electron chi connectivity index (χ2n) is 5.32. The van der Waals surface area contributed by atoms with Gasteiger partial charge in [-0.15, -0.1) is 0 Å². The first-order valence-corrected chi connectivity index (χ1v) is 8.08. The first kappa shape index (κ1) is 15.1. The van der Waals surface area contributed by atoms with Crippen LogP contribution < -0.4 is 10.5 Å². The van der Waals surface area contributed by atoms with Gasteiger partial charge in [0.1, 0.15) is 12.4 Å². The summed E-state index contributed by atoms with van der Waals surface area (Å²) in [5.74, 6) is 0.436. The molecule has 1 heterocycles. The maximum Gasteiger partial charge on any atom is 0.217 e. The van der Waals surface area contributed by atoms with E-state index in [9.17, 15) is 13.5 Å². The lowest BCUT2D eigenvalue weighted by atomic mass is 10.1. The van der Waals surface area contributed by atoms with E-state index in [1.807, 2.05) is 0 Å². The third-order valence-corrected chi connectivity index (χ3v) is 5.06. The maximum atomic E-state index is 12.1. The molecule has 2 rings (SSSR count). The lowest BCUT2D eigenvalue weighted by Gasteiger charge is -2.19. The molecule has 1 fully saturated rings. The molecule has 1 atom stereocenters. The standard InChI is InChI=1S/C13H20N2O4S/c1-13(16)5-6-15(10-13)20(17,18)8-7-19-12-4-2-3-11(14)9-12/h2-4,9,16H,5-8,10,14H2,1H3. The molecule has 0 spiro atoms. The van der Waals surface area contributed by atoms with Crippen molar-refractivity contribution in [1.29, 1.82) is 0 Å². The monoisotopic (exact) mass is 300 g/mol. The van der Waals surface area contributed by atoms with Crippen molar-refractivity contribution in [2.24, 2.45) is 0 Å². The summed E-state index contributed by atoms with van der Waals surface area (Å²) in [5.41, 5.74) is 5.25. The van der Waals surface area contributed by atoms with Gasteiger partial charge < -0.3 is 15.6 Å². The van der Waals surface area contributed by atoms with Crippen LogP contribution in [0.2, 0.25) is 0 Å². The van der Waals surface area contributed by atoms with Crippen molar-refractivity contribution in [3.8, 4) is 5.75 Å². The van der Waals surface area contributed by atoms with Gasteiger partial charge in [0, 0.05) is 24.8 Å². The highest BCUT2D eigenvalue weighted by Crippen LogP contribution is 2.23. The average Bonchev–Trinajstić information content (AvgIpc) is 2.70. The second-order valence-corrected chi connectivity index (χ2v) is 7.41. The van der Waals surface area contributed by atoms with Crippen molar-refractivity contribution < 1.29 is 18.3 Å². The molecular weight excluding hydrogens is 280 g/mol. The number of anilines is 1. The minimum Gasteiger partial charge on any atom is -0.492 e. The van der Waals surface area contributed by atoms with Gasteiger partial charge in [0.15, 0.2) is 0 Å². The number of ether oxygens (including phenoxy) is 1. The topological polar surface area (TPSA) is 92.9 Å². The SMILES string of the molecule is CC1(O)CCN(S(=O)(=O)CCOc2cccc(N)c2)C1. The Morgan fingerprint density at radius 1 is 1.50 bits per heavy atom. The molecule has 1 unspecified atom stereocenters. The van der Waals surface area contributed by atoms with Gasteiger partial charge in [-0.3, -0.25) is 0 Å². The first-order chi connectivity index (χ1) is 9.28. The molecule has 1 aliphatic heterocycles. The lowest BCUT2D eigenvalue weighted by Crippen LogP contribution is -2.36. The summed E-state index contributed by atoms with van der Waals surface area (Å²) in [5, 5.41) is 9.81. The maximum absolute atomic E-state index is 12.1. The van der Waals surface area contributed by atoms with Crippen LogP contribution in [0.3, 0.4) is 0 Å². The van der Waals surface area contributed by atoms with Crippen LogP contribution in [0.4, 0.5) is 5.69 Å². The van der Waals surface area contributed by atoms with Gasteiger partial charge >= 0.3 is 0 Å². The molecule has 0 bridgehead atoms. The van der Waals surface area contributed by atoms with Gasteiger partial charge in [-0.2, -0.15) is 4.31 Å². The molecule has 6 nitrogen and oxygen atoms in total. The Bertz CT molecular complexity index is 571. The molecule has 1 aliphatic rings. The minimum atomic E-state index is -3.39. The predicted molar refractivity (Wildman–Crippen MR) is 77.0 cm³/mol. The molecule has 7 heteroatoms. The molecule has 20 heavy (non-hydrogen) atoms. The van der Waals surface area contributed by atoms with Crippen LogP contribution in [0.1, 0.15) is 13.3 Å². The summed E-state index contributed by atoms with van der Waals surface area (Å²) in [6, 6.07) is 6.85. The number of rotatable bonds is 5. The van der Waals surface area contributed by atoms with E-state index in [0.717, 1.165) is 0 Å². The highest BCUT2D eigenvalue weighted by molar-refractivity contribution is 7.89. The van der Waals surface area contributed by atoms with Crippen LogP contribution in [0.5, 0.6) is 5.75 Å². The lowest BCUT2D eigenvalue weighted by molar-refractivity contribution is 0.0762. The van der Waals surface area contributed by atoms with Crippen molar-refractivity contribution in [2.75, 3.05) is 31.2 Å². The van der Waals surface area contributed by atoms with Gasteiger partial charge in [-0.05, 0) is 25.5 Å². The van der Waals surface area contributed by atoms with E-state index < -0.39 is 15.6 Å². The third-order valence-electron chi connectivity index (χ3n) is 3.28. The number of β-amino-alcohol motifs (C(OH)–C–C–N with tert-alkyl or cyclic N) is 1. The Morgan fingerprint density at radius 3 is 2.85 bits per heavy atom. The van der Waals surface area contributed by atoms with Crippen LogP contribution in [0.15, 0.2) is 24.3 Å². The molecule has 0 aliphatic carbocycles. The number of hydrogen-bond acceptors (Lipinski definition) is 5. The molecule has 0 aromatic heterocycles. The second kappa shape index (κ2) is 5.59. The van der Waals surface area contributed by atoms with Gasteiger partial charge in [-0.25, -0.2) is 8.42 Å². The van der Waals surface area contributed by atoms with Crippen LogP contribution >= 0.6 is 0 Å². The van der Waals surface area contributed by atoms with Crippen LogP contribution in [0.25, 0.3) is 0 Å². The Kier molecular flexibility index (Phi) is 4.22. The Balaban J connectivity index is 1.87. The van der Waals surface area contributed by atoms with E-state index >= 15 is 0 Å². The smallest absolute Gasteiger partial charge is 0.217 e. The molecule has 1 aromatic rings. The fourth-order valence-corrected chi connectivity index (χ4v) is 3.54. The molecule has 1 saturated heterocycles. The summed E-state index contributed by atoms with van der Waals surface area (Å²) >= 11 is 0. The fourth-order valence-electron chi connectivity index (χ4n) is 2.14. The Hall–Kier alpha value is -1.31. The van der Waals surface area contributed by atoms with E-state index in [-0.39, 0.29) is 18.9 Å². The van der Waals surface area contributed by atoms with E-state index in [2.05, 4.69) is 0 Å². The van der Waals surface area contributed by atoms with Crippen molar-refractivity contribution in [3.63, 3.8) is 0 Å². The summed E-state index contributed by atoms with van der Waals surface area (Å²) in [6.45, 7) is 2.21. The molecule has 0 radical (unpaired) electrons. The zero-order valence-corrected chi connectivity index (χ0v) is 12.3. The van der Waals surface area contributed by atoms with Crippen LogP contribution in [-0.4, -0.2) is 48.9 Å². The predicted octanol–water partition coefficient (Wildman–Crippen LogP) is 0.434. The molecule has 112 valence electrons. The van der Waals surface area contributed by atoms with Crippen molar-refractivity contribution in [1.82, 2.24) is 4.31 Å². The summed E-state index contributed by atoms with van der Waals surface area (Å²) in [6.07, 6.45) is 0.461. The highest BCUT2D eigenvalue weighted by atomic mass is 32.2. The van der Waals surface area contributed by atoms with Crippen molar-refractivity contribution in [2.45, 2.75) is 18.9 Å². The van der Waals surface area contributed by atoms with Crippen molar-refractivity contribution >= 4 is 15.7 Å². The average molecular weight is 300 g/mol. The number of sulfonamides is 1. The summed E-state index contributed by atoms with van der Waals surface area (Å²) in [7, 11) is -3.39. The third kappa shape index (κ3) is 3.84. The number of nitrogen functional groups attached to an aromatic ring is 1. The minimum absolute atomic E-state index is 0.0599. The van der Waals surface area contributed by atoms with E-state index in [1.165, 1.54) is 4.31 Å². The van der Waals surface area contributed by atoms with E-state index in [1.54, 1.807) is 31.2 Å². The van der Waals surface area contributed by atoms with Gasteiger partial charge in [-0.1, -0.05) is 6.07 Å². The summed E-state index contributed by atoms with van der Waals surface area (Å²) in [4.78, 5) is 0. The molecule has 1 aromatic carbocycles. The normalized spacial score (nSPS) is 23.9. The quantitative estimate of drug-likeness (QED) is 0.769. The van der Waals surface area contributed by atoms with Gasteiger partial charge in [0.2, 0.25) is 10.0 Å². The van der Waals surface area contributed by atoms with Crippen molar-refractivity contribution in [3.05, 3.63) is 24.3 Å². The number of nitrogens with two attached hydrogens (primary N) is 1.